The van der Waals surface area contributed by atoms with E-state index in [1.807, 2.05) is 43.3 Å². The number of halogens is 1. The van der Waals surface area contributed by atoms with E-state index in [1.165, 1.54) is 6.07 Å². The molecule has 0 N–H and O–H groups in total. The molecule has 0 saturated heterocycles. The van der Waals surface area contributed by atoms with Crippen LogP contribution in [0.25, 0.3) is 0 Å². The second-order valence-electron chi connectivity index (χ2n) is 6.56. The van der Waals surface area contributed by atoms with E-state index in [1.54, 1.807) is 30.2 Å². The Kier molecular flexibility index (Phi) is 7.60. The van der Waals surface area contributed by atoms with Crippen LogP contribution in [0.15, 0.2) is 48.5 Å². The van der Waals surface area contributed by atoms with Crippen molar-refractivity contribution < 1.29 is 13.9 Å². The molecule has 4 nitrogen and oxygen atoms in total. The fourth-order valence-corrected chi connectivity index (χ4v) is 2.65. The molecule has 26 heavy (non-hydrogen) atoms. The van der Waals surface area contributed by atoms with E-state index in [0.29, 0.717) is 31.5 Å². The van der Waals surface area contributed by atoms with Crippen LogP contribution in [0.2, 0.25) is 0 Å². The molecule has 2 aromatic carbocycles. The fourth-order valence-electron chi connectivity index (χ4n) is 2.65. The molecule has 0 aliphatic carbocycles. The summed E-state index contributed by atoms with van der Waals surface area (Å²) in [6.07, 6.45) is 1.05. The maximum atomic E-state index is 14.0. The van der Waals surface area contributed by atoms with Crippen LogP contribution < -0.4 is 4.74 Å². The van der Waals surface area contributed by atoms with Crippen LogP contribution in [-0.4, -0.2) is 50.0 Å². The van der Waals surface area contributed by atoms with Gasteiger partial charge in [0.05, 0.1) is 7.11 Å². The van der Waals surface area contributed by atoms with E-state index < -0.39 is 0 Å². The smallest absolute Gasteiger partial charge is 0.223 e. The molecule has 0 heterocycles. The third kappa shape index (κ3) is 6.15. The summed E-state index contributed by atoms with van der Waals surface area (Å²) in [5.74, 6) is 0.559. The first-order chi connectivity index (χ1) is 12.5. The van der Waals surface area contributed by atoms with Crippen LogP contribution in [0.5, 0.6) is 5.75 Å². The zero-order valence-corrected chi connectivity index (χ0v) is 15.7. The number of rotatable bonds is 9. The Morgan fingerprint density at radius 3 is 2.35 bits per heavy atom. The molecule has 5 heteroatoms. The first-order valence-electron chi connectivity index (χ1n) is 8.78. The molecule has 0 radical (unpaired) electrons. The second-order valence-corrected chi connectivity index (χ2v) is 6.56. The summed E-state index contributed by atoms with van der Waals surface area (Å²) in [4.78, 5) is 16.5. The largest absolute Gasteiger partial charge is 0.497 e. The lowest BCUT2D eigenvalue weighted by atomic mass is 10.1. The number of methoxy groups -OCH3 is 1. The average molecular weight is 358 g/mol. The summed E-state index contributed by atoms with van der Waals surface area (Å²) in [6, 6.07) is 14.3. The predicted octanol–water partition coefficient (Wildman–Crippen LogP) is 3.36. The van der Waals surface area contributed by atoms with Crippen molar-refractivity contribution in [2.24, 2.45) is 0 Å². The zero-order valence-electron chi connectivity index (χ0n) is 15.7. The van der Waals surface area contributed by atoms with Crippen molar-refractivity contribution in [3.05, 3.63) is 65.5 Å². The molecule has 0 aliphatic heterocycles. The Balaban J connectivity index is 2.00. The number of nitrogens with zero attached hydrogens (tertiary/aromatic N) is 2. The van der Waals surface area contributed by atoms with Crippen molar-refractivity contribution in [3.63, 3.8) is 0 Å². The molecular weight excluding hydrogens is 331 g/mol. The lowest BCUT2D eigenvalue weighted by Crippen LogP contribution is -2.36. The van der Waals surface area contributed by atoms with Gasteiger partial charge in [-0.15, -0.1) is 0 Å². The van der Waals surface area contributed by atoms with E-state index in [0.717, 1.165) is 17.9 Å². The number of carbonyl (C=O) groups excluding carboxylic acids is 1. The maximum absolute atomic E-state index is 14.0. The lowest BCUT2D eigenvalue weighted by molar-refractivity contribution is -0.132. The Hall–Kier alpha value is -2.40. The van der Waals surface area contributed by atoms with E-state index in [9.17, 15) is 9.18 Å². The van der Waals surface area contributed by atoms with Crippen LogP contribution in [0.3, 0.4) is 0 Å². The highest BCUT2D eigenvalue weighted by molar-refractivity contribution is 5.76. The highest BCUT2D eigenvalue weighted by Crippen LogP contribution is 2.15. The van der Waals surface area contributed by atoms with Gasteiger partial charge in [-0.2, -0.15) is 0 Å². The number of benzene rings is 2. The highest BCUT2D eigenvalue weighted by atomic mass is 19.1. The molecule has 2 aromatic rings. The van der Waals surface area contributed by atoms with E-state index in [4.69, 9.17) is 4.74 Å². The molecule has 0 atom stereocenters. The van der Waals surface area contributed by atoms with Crippen molar-refractivity contribution in [3.8, 4) is 5.75 Å². The number of hydrogen-bond acceptors (Lipinski definition) is 3. The Labute approximate surface area is 155 Å². The molecule has 2 rings (SSSR count). The SMILES string of the molecule is COc1ccc(CCC(=O)N(CCN(C)C)Cc2ccccc2F)cc1. The fraction of sp³-hybridized carbons (Fsp3) is 0.381. The molecule has 0 spiro atoms. The Morgan fingerprint density at radius 2 is 1.73 bits per heavy atom. The highest BCUT2D eigenvalue weighted by Gasteiger charge is 2.16. The minimum atomic E-state index is -0.273. The third-order valence-corrected chi connectivity index (χ3v) is 4.28. The number of amides is 1. The molecule has 0 saturated carbocycles. The first-order valence-corrected chi connectivity index (χ1v) is 8.78. The van der Waals surface area contributed by atoms with Gasteiger partial charge in [0.15, 0.2) is 0 Å². The summed E-state index contributed by atoms with van der Waals surface area (Å²) < 4.78 is 19.1. The molecule has 0 fully saturated rings. The van der Waals surface area contributed by atoms with Crippen molar-refractivity contribution in [2.75, 3.05) is 34.3 Å². The van der Waals surface area contributed by atoms with Gasteiger partial charge in [0.1, 0.15) is 11.6 Å². The van der Waals surface area contributed by atoms with Crippen molar-refractivity contribution in [2.45, 2.75) is 19.4 Å². The third-order valence-electron chi connectivity index (χ3n) is 4.28. The predicted molar refractivity (Wildman–Crippen MR) is 102 cm³/mol. The quantitative estimate of drug-likeness (QED) is 0.689. The Morgan fingerprint density at radius 1 is 1.04 bits per heavy atom. The summed E-state index contributed by atoms with van der Waals surface area (Å²) in [5, 5.41) is 0. The van der Waals surface area contributed by atoms with Gasteiger partial charge in [-0.25, -0.2) is 4.39 Å². The molecule has 0 unspecified atom stereocenters. The molecule has 0 aromatic heterocycles. The van der Waals surface area contributed by atoms with Gasteiger partial charge in [-0.3, -0.25) is 4.79 Å². The van der Waals surface area contributed by atoms with Crippen LogP contribution in [0.4, 0.5) is 4.39 Å². The van der Waals surface area contributed by atoms with Gasteiger partial charge in [-0.1, -0.05) is 30.3 Å². The van der Waals surface area contributed by atoms with Gasteiger partial charge in [0, 0.05) is 31.6 Å². The number of ether oxygens (including phenoxy) is 1. The van der Waals surface area contributed by atoms with Gasteiger partial charge < -0.3 is 14.5 Å². The number of likely N-dealkylation sites (N-methyl/N-ethyl adjacent to an activating group) is 1. The first kappa shape index (κ1) is 19.9. The van der Waals surface area contributed by atoms with Crippen molar-refractivity contribution >= 4 is 5.91 Å². The normalized spacial score (nSPS) is 10.8. The second kappa shape index (κ2) is 9.92. The average Bonchev–Trinajstić information content (AvgIpc) is 2.64. The Bertz CT molecular complexity index is 701. The summed E-state index contributed by atoms with van der Waals surface area (Å²) in [5.41, 5.74) is 1.63. The van der Waals surface area contributed by atoms with Gasteiger partial charge >= 0.3 is 0 Å². The zero-order chi connectivity index (χ0) is 18.9. The van der Waals surface area contributed by atoms with Crippen molar-refractivity contribution in [1.29, 1.82) is 0 Å². The molecule has 1 amide bonds. The number of aryl methyl sites for hydroxylation is 1. The van der Waals surface area contributed by atoms with Crippen molar-refractivity contribution in [1.82, 2.24) is 9.80 Å². The van der Waals surface area contributed by atoms with Crippen LogP contribution >= 0.6 is 0 Å². The minimum absolute atomic E-state index is 0.0333. The number of hydrogen-bond donors (Lipinski definition) is 0. The molecular formula is C21H27FN2O2. The van der Waals surface area contributed by atoms with Gasteiger partial charge in [-0.05, 0) is 44.3 Å². The van der Waals surface area contributed by atoms with Crippen LogP contribution in [0, 0.1) is 5.82 Å². The van der Waals surface area contributed by atoms with E-state index in [-0.39, 0.29) is 11.7 Å². The van der Waals surface area contributed by atoms with E-state index in [2.05, 4.69) is 0 Å². The van der Waals surface area contributed by atoms with Gasteiger partial charge in [0.2, 0.25) is 5.91 Å². The summed E-state index contributed by atoms with van der Waals surface area (Å²) in [6.45, 7) is 1.60. The summed E-state index contributed by atoms with van der Waals surface area (Å²) in [7, 11) is 5.55. The monoisotopic (exact) mass is 358 g/mol. The minimum Gasteiger partial charge on any atom is -0.497 e. The number of carbonyl (C=O) groups is 1. The lowest BCUT2D eigenvalue weighted by Gasteiger charge is -2.25. The topological polar surface area (TPSA) is 32.8 Å². The molecule has 0 aliphatic rings. The summed E-state index contributed by atoms with van der Waals surface area (Å²) >= 11 is 0. The van der Waals surface area contributed by atoms with E-state index >= 15 is 0 Å². The van der Waals surface area contributed by atoms with Crippen LogP contribution in [0.1, 0.15) is 17.5 Å². The standard InChI is InChI=1S/C21H27FN2O2/c1-23(2)14-15-24(16-18-6-4-5-7-20(18)22)21(25)13-10-17-8-11-19(26-3)12-9-17/h4-9,11-12H,10,13-16H2,1-3H3. The molecule has 0 bridgehead atoms. The molecule has 140 valence electrons. The van der Waals surface area contributed by atoms with Gasteiger partial charge in [0.25, 0.3) is 0 Å². The van der Waals surface area contributed by atoms with Crippen LogP contribution in [-0.2, 0) is 17.8 Å². The maximum Gasteiger partial charge on any atom is 0.223 e.